The number of aromatic hydroxyl groups is 1. The first kappa shape index (κ1) is 78.3. The third kappa shape index (κ3) is 23.3. The summed E-state index contributed by atoms with van der Waals surface area (Å²) < 4.78 is 65.0. The standard InChI is InChI=1S/C60H79N9O9.2C7H8O3S/c1-4-5-8-35-78-47-29-25-43(26-30-47)41-19-17-40(18-20-41)42-21-23-44(24-22-42)54(71)64-48-12-9-33-63-57(74)52-36-45(62)37-69(52)59(76)50(11-6-7-32-61)66-55(72)49(31-16-39-14-27-46(70)28-15-39)65-58(75)51-13-10-34-68(51)60(77)53(38(2)3)67-56(48)73;2*1-6-2-4-7(5-3-6)11(8,9)10/h14-15,17-30,38,45,48-53,70H,4-13,16,31-37,61-62H2,1-3H3,(H,63,74)(H,64,71)(H,65,75)(H,66,72)(H,67,73);2*2-5H,1H3,(H,8,9,10)/t45-,48-,49-,50-,51-,52-,53-;;/m0../s1. The fraction of sp³-hybridized carbons (Fsp3) is 0.419. The molecule has 3 aliphatic heterocycles. The smallest absolute Gasteiger partial charge is 0.294 e. The van der Waals surface area contributed by atoms with Crippen LogP contribution in [0.15, 0.2) is 155 Å². The van der Waals surface area contributed by atoms with Crippen molar-refractivity contribution in [3.8, 4) is 33.8 Å². The Morgan fingerprint density at radius 3 is 1.70 bits per heavy atom. The fourth-order valence-electron chi connectivity index (χ4n) is 11.9. The number of benzene rings is 6. The van der Waals surface area contributed by atoms with Gasteiger partial charge in [0.15, 0.2) is 0 Å². The molecule has 6 aromatic rings. The molecule has 0 aromatic heterocycles. The van der Waals surface area contributed by atoms with Crippen molar-refractivity contribution >= 4 is 61.6 Å². The van der Waals surface area contributed by atoms with Gasteiger partial charge in [-0.25, -0.2) is 0 Å². The molecule has 7 amide bonds. The number of phenolic OH excluding ortho intramolecular Hbond substituents is 1. The number of carbonyl (C=O) groups excluding carboxylic acids is 7. The van der Waals surface area contributed by atoms with Crippen LogP contribution in [0, 0.1) is 19.8 Å². The first-order valence-corrected chi connectivity index (χ1v) is 36.9. The van der Waals surface area contributed by atoms with Gasteiger partial charge in [0.05, 0.1) is 16.4 Å². The zero-order valence-corrected chi connectivity index (χ0v) is 58.9. The normalized spacial score (nSPS) is 20.4. The van der Waals surface area contributed by atoms with E-state index in [1.165, 1.54) is 46.2 Å². The van der Waals surface area contributed by atoms with Gasteiger partial charge in [0, 0.05) is 31.2 Å². The molecule has 7 atom stereocenters. The van der Waals surface area contributed by atoms with E-state index in [1.807, 2.05) is 74.5 Å². The number of aryl methyl sites for hydroxylation is 3. The van der Waals surface area contributed by atoms with Crippen molar-refractivity contribution in [2.24, 2.45) is 17.4 Å². The molecule has 3 aliphatic rings. The average Bonchev–Trinajstić information content (AvgIpc) is 1.60. The van der Waals surface area contributed by atoms with E-state index >= 15 is 0 Å². The van der Waals surface area contributed by atoms with E-state index in [9.17, 15) is 55.5 Å². The average molecular weight is 1410 g/mol. The minimum Gasteiger partial charge on any atom is -0.508 e. The largest absolute Gasteiger partial charge is 0.508 e. The van der Waals surface area contributed by atoms with Gasteiger partial charge in [-0.2, -0.15) is 16.8 Å². The van der Waals surface area contributed by atoms with Crippen molar-refractivity contribution < 1.29 is 69.3 Å². The number of nitrogens with one attached hydrogen (secondary N) is 5. The Kier molecular flexibility index (Phi) is 29.3. The lowest BCUT2D eigenvalue weighted by Crippen LogP contribution is -2.60. The number of ether oxygens (including phenoxy) is 1. The second-order valence-corrected chi connectivity index (χ2v) is 28.6. The van der Waals surface area contributed by atoms with Crippen LogP contribution in [0.4, 0.5) is 0 Å². The molecule has 538 valence electrons. The maximum atomic E-state index is 14.6. The molecule has 0 spiro atoms. The van der Waals surface area contributed by atoms with E-state index in [2.05, 4.69) is 33.5 Å². The third-order valence-corrected chi connectivity index (χ3v) is 19.4. The second-order valence-electron chi connectivity index (χ2n) is 25.8. The summed E-state index contributed by atoms with van der Waals surface area (Å²) >= 11 is 0. The summed E-state index contributed by atoms with van der Waals surface area (Å²) in [5, 5.41) is 24.4. The summed E-state index contributed by atoms with van der Waals surface area (Å²) in [5.74, 6) is -3.32. The third-order valence-electron chi connectivity index (χ3n) is 17.6. The summed E-state index contributed by atoms with van der Waals surface area (Å²) in [6, 6.07) is 34.7. The Bertz CT molecular complexity index is 3870. The molecule has 3 fully saturated rings. The van der Waals surface area contributed by atoms with Crippen molar-refractivity contribution in [3.05, 3.63) is 168 Å². The van der Waals surface area contributed by atoms with E-state index in [4.69, 9.17) is 25.3 Å². The van der Waals surface area contributed by atoms with Gasteiger partial charge >= 0.3 is 0 Å². The summed E-state index contributed by atoms with van der Waals surface area (Å²) in [7, 11) is -8.04. The fourth-order valence-corrected chi connectivity index (χ4v) is 12.8. The molecule has 0 aliphatic carbocycles. The Hall–Kier alpha value is -9.05. The van der Waals surface area contributed by atoms with E-state index in [0.717, 1.165) is 64.0 Å². The predicted octanol–water partition coefficient (Wildman–Crippen LogP) is 7.58. The number of nitrogens with zero attached hydrogens (tertiary/aromatic N) is 2. The first-order valence-electron chi connectivity index (χ1n) is 34.0. The van der Waals surface area contributed by atoms with Crippen LogP contribution in [0.25, 0.3) is 22.3 Å². The lowest BCUT2D eigenvalue weighted by molar-refractivity contribution is -0.143. The Morgan fingerprint density at radius 2 is 1.16 bits per heavy atom. The van der Waals surface area contributed by atoms with E-state index < -0.39 is 110 Å². The van der Waals surface area contributed by atoms with Gasteiger partial charge < -0.3 is 57.7 Å². The van der Waals surface area contributed by atoms with Gasteiger partial charge in [0.1, 0.15) is 47.8 Å². The summed E-state index contributed by atoms with van der Waals surface area (Å²) in [6.45, 7) is 10.8. The van der Waals surface area contributed by atoms with Crippen molar-refractivity contribution in [2.75, 3.05) is 32.8 Å². The van der Waals surface area contributed by atoms with Gasteiger partial charge in [0.2, 0.25) is 35.4 Å². The zero-order valence-electron chi connectivity index (χ0n) is 57.3. The highest BCUT2D eigenvalue weighted by molar-refractivity contribution is 7.86. The number of phenols is 1. The van der Waals surface area contributed by atoms with E-state index in [0.29, 0.717) is 50.8 Å². The van der Waals surface area contributed by atoms with Crippen molar-refractivity contribution in [3.63, 3.8) is 0 Å². The number of hydrogen-bond acceptors (Lipinski definition) is 15. The highest BCUT2D eigenvalue weighted by Gasteiger charge is 2.43. The Balaban J connectivity index is 0.000000539. The highest BCUT2D eigenvalue weighted by Crippen LogP contribution is 2.29. The lowest BCUT2D eigenvalue weighted by Gasteiger charge is -2.32. The van der Waals surface area contributed by atoms with Crippen molar-refractivity contribution in [1.29, 1.82) is 0 Å². The summed E-state index contributed by atoms with van der Waals surface area (Å²) in [4.78, 5) is 103. The second kappa shape index (κ2) is 37.4. The molecular weight excluding hydrogens is 1320 g/mol. The number of fused-ring (bicyclic) bond motifs is 2. The van der Waals surface area contributed by atoms with Gasteiger partial charge in [0.25, 0.3) is 26.1 Å². The zero-order chi connectivity index (χ0) is 72.7. The molecule has 0 unspecified atom stereocenters. The summed E-state index contributed by atoms with van der Waals surface area (Å²) in [6.07, 6.45) is 6.23. The first-order chi connectivity index (χ1) is 47.6. The topological polar surface area (TPSA) is 376 Å². The number of hydrogen-bond donors (Lipinski definition) is 10. The monoisotopic (exact) mass is 1410 g/mol. The van der Waals surface area contributed by atoms with Crippen LogP contribution in [0.3, 0.4) is 0 Å². The van der Waals surface area contributed by atoms with Gasteiger partial charge in [-0.15, -0.1) is 0 Å². The predicted molar refractivity (Wildman–Crippen MR) is 381 cm³/mol. The number of nitrogens with two attached hydrogens (primary N) is 2. The lowest BCUT2D eigenvalue weighted by atomic mass is 9.99. The van der Waals surface area contributed by atoms with E-state index in [1.54, 1.807) is 62.4 Å². The molecule has 0 radical (unpaired) electrons. The number of amides is 7. The van der Waals surface area contributed by atoms with Crippen LogP contribution >= 0.6 is 0 Å². The Labute approximate surface area is 586 Å². The van der Waals surface area contributed by atoms with Crippen molar-refractivity contribution in [2.45, 2.75) is 170 Å². The molecule has 9 rings (SSSR count). The molecule has 3 heterocycles. The number of rotatable bonds is 19. The van der Waals surface area contributed by atoms with Gasteiger partial charge in [-0.05, 0) is 185 Å². The maximum Gasteiger partial charge on any atom is 0.294 e. The minimum atomic E-state index is -4.02. The SMILES string of the molecule is CCCCCOc1ccc(-c2ccc(-c3ccc(C(=O)N[C@H]4CCCNC(=O)[C@@H]5C[C@H](N)CN5C(=O)[C@H](CCCCN)NC(=O)[C@H](CCc5ccc(O)cc5)NC(=O)[C@@H]5CCCN5C(=O)[C@H](C(C)C)NC4=O)cc3)cc2)cc1.Cc1ccc(S(=O)(=O)O)cc1.Cc1ccc(S(=O)(=O)O)cc1. The number of carbonyl (C=O) groups is 7. The van der Waals surface area contributed by atoms with Crippen molar-refractivity contribution in [1.82, 2.24) is 36.4 Å². The van der Waals surface area contributed by atoms with Crippen LogP contribution in [0.2, 0.25) is 0 Å². The molecule has 0 saturated carbocycles. The van der Waals surface area contributed by atoms with Gasteiger partial charge in [-0.3, -0.25) is 42.7 Å². The van der Waals surface area contributed by atoms with Crippen LogP contribution < -0.4 is 42.8 Å². The molecule has 26 heteroatoms. The Morgan fingerprint density at radius 1 is 0.610 bits per heavy atom. The maximum absolute atomic E-state index is 14.6. The van der Waals surface area contributed by atoms with Crippen LogP contribution in [-0.4, -0.2) is 157 Å². The molecule has 100 heavy (non-hydrogen) atoms. The number of unbranched alkanes of at least 4 members (excludes halogenated alkanes) is 3. The summed E-state index contributed by atoms with van der Waals surface area (Å²) in [5.41, 5.74) is 19.2. The molecule has 6 aromatic carbocycles. The van der Waals surface area contributed by atoms with Gasteiger partial charge in [-0.1, -0.05) is 130 Å². The highest BCUT2D eigenvalue weighted by atomic mass is 32.2. The molecule has 12 N–H and O–H groups in total. The molecular formula is C74H95N9O15S2. The quantitative estimate of drug-likeness (QED) is 0.0276. The van der Waals surface area contributed by atoms with Crippen LogP contribution in [-0.2, 0) is 55.4 Å². The molecule has 3 saturated heterocycles. The van der Waals surface area contributed by atoms with E-state index in [-0.39, 0.29) is 67.3 Å². The minimum absolute atomic E-state index is 0.0656. The molecule has 0 bridgehead atoms. The van der Waals surface area contributed by atoms with Crippen LogP contribution in [0.5, 0.6) is 11.5 Å². The van der Waals surface area contributed by atoms with Crippen LogP contribution in [0.1, 0.15) is 125 Å². The molecule has 24 nitrogen and oxygen atoms in total.